The number of benzene rings is 1. The third-order valence-electron chi connectivity index (χ3n) is 3.79. The van der Waals surface area contributed by atoms with Crippen LogP contribution in [0.4, 0.5) is 0 Å². The standard InChI is InChI=1S/C16H23NO4/c1-4-16(5-2,11-15(19)20)17-14(18)10-12-8-6-7-9-13(12)21-3/h6-9H,4-5,10-11H2,1-3H3,(H,17,18)(H,19,20). The van der Waals surface area contributed by atoms with Crippen LogP contribution in [0.2, 0.25) is 0 Å². The van der Waals surface area contributed by atoms with Crippen molar-refractivity contribution in [3.8, 4) is 5.75 Å². The number of rotatable bonds is 8. The predicted octanol–water partition coefficient (Wildman–Crippen LogP) is 2.39. The average molecular weight is 293 g/mol. The van der Waals surface area contributed by atoms with E-state index in [2.05, 4.69) is 5.32 Å². The molecule has 0 saturated heterocycles. The molecule has 1 rings (SSSR count). The van der Waals surface area contributed by atoms with Gasteiger partial charge in [0.2, 0.25) is 5.91 Å². The van der Waals surface area contributed by atoms with Crippen LogP contribution >= 0.6 is 0 Å². The summed E-state index contributed by atoms with van der Waals surface area (Å²) in [6.07, 6.45) is 1.25. The Bertz CT molecular complexity index is 495. The number of para-hydroxylation sites is 1. The van der Waals surface area contributed by atoms with E-state index >= 15 is 0 Å². The summed E-state index contributed by atoms with van der Waals surface area (Å²) >= 11 is 0. The first-order valence-electron chi connectivity index (χ1n) is 7.11. The van der Waals surface area contributed by atoms with Crippen molar-refractivity contribution in [2.45, 2.75) is 45.1 Å². The molecule has 2 N–H and O–H groups in total. The zero-order valence-corrected chi connectivity index (χ0v) is 12.8. The van der Waals surface area contributed by atoms with Gasteiger partial charge < -0.3 is 15.2 Å². The third kappa shape index (κ3) is 4.77. The molecule has 0 aromatic heterocycles. The van der Waals surface area contributed by atoms with Crippen molar-refractivity contribution in [1.29, 1.82) is 0 Å². The van der Waals surface area contributed by atoms with Crippen molar-refractivity contribution in [3.63, 3.8) is 0 Å². The predicted molar refractivity (Wildman–Crippen MR) is 80.4 cm³/mol. The van der Waals surface area contributed by atoms with Crippen LogP contribution in [0.15, 0.2) is 24.3 Å². The molecule has 1 amide bonds. The molecule has 0 spiro atoms. The molecule has 0 bridgehead atoms. The van der Waals surface area contributed by atoms with Gasteiger partial charge in [0.25, 0.3) is 0 Å². The first-order valence-corrected chi connectivity index (χ1v) is 7.11. The van der Waals surface area contributed by atoms with Gasteiger partial charge >= 0.3 is 5.97 Å². The Morgan fingerprint density at radius 2 is 1.86 bits per heavy atom. The van der Waals surface area contributed by atoms with Gasteiger partial charge in [0, 0.05) is 11.1 Å². The second-order valence-corrected chi connectivity index (χ2v) is 5.09. The van der Waals surface area contributed by atoms with Crippen molar-refractivity contribution >= 4 is 11.9 Å². The lowest BCUT2D eigenvalue weighted by Crippen LogP contribution is -2.49. The minimum Gasteiger partial charge on any atom is -0.496 e. The number of ether oxygens (including phenoxy) is 1. The molecule has 5 nitrogen and oxygen atoms in total. The van der Waals surface area contributed by atoms with Gasteiger partial charge in [-0.1, -0.05) is 32.0 Å². The Hall–Kier alpha value is -2.04. The average Bonchev–Trinajstić information content (AvgIpc) is 2.46. The van der Waals surface area contributed by atoms with E-state index in [0.717, 1.165) is 5.56 Å². The van der Waals surface area contributed by atoms with Gasteiger partial charge in [-0.2, -0.15) is 0 Å². The number of hydrogen-bond acceptors (Lipinski definition) is 3. The van der Waals surface area contributed by atoms with E-state index < -0.39 is 11.5 Å². The largest absolute Gasteiger partial charge is 0.496 e. The van der Waals surface area contributed by atoms with Crippen LogP contribution in [-0.4, -0.2) is 29.6 Å². The first kappa shape index (κ1) is 17.0. The molecule has 5 heteroatoms. The van der Waals surface area contributed by atoms with Gasteiger partial charge in [-0.25, -0.2) is 0 Å². The van der Waals surface area contributed by atoms with Crippen LogP contribution in [0.1, 0.15) is 38.7 Å². The maximum atomic E-state index is 12.2. The molecular weight excluding hydrogens is 270 g/mol. The second-order valence-electron chi connectivity index (χ2n) is 5.09. The van der Waals surface area contributed by atoms with Gasteiger partial charge in [-0.3, -0.25) is 9.59 Å². The zero-order chi connectivity index (χ0) is 15.9. The highest BCUT2D eigenvalue weighted by Crippen LogP contribution is 2.22. The minimum absolute atomic E-state index is 0.0718. The summed E-state index contributed by atoms with van der Waals surface area (Å²) in [6.45, 7) is 3.77. The number of aliphatic carboxylic acids is 1. The second kappa shape index (κ2) is 7.67. The van der Waals surface area contributed by atoms with Gasteiger partial charge in [-0.05, 0) is 18.9 Å². The van der Waals surface area contributed by atoms with E-state index in [0.29, 0.717) is 18.6 Å². The lowest BCUT2D eigenvalue weighted by atomic mass is 9.88. The molecule has 1 aromatic rings. The number of carbonyl (C=O) groups excluding carboxylic acids is 1. The van der Waals surface area contributed by atoms with Crippen molar-refractivity contribution in [3.05, 3.63) is 29.8 Å². The SMILES string of the molecule is CCC(CC)(CC(=O)O)NC(=O)Cc1ccccc1OC. The fraction of sp³-hybridized carbons (Fsp3) is 0.500. The lowest BCUT2D eigenvalue weighted by Gasteiger charge is -2.31. The molecular formula is C16H23NO4. The molecule has 0 aliphatic rings. The summed E-state index contributed by atoms with van der Waals surface area (Å²) in [6, 6.07) is 7.31. The number of carboxylic acids is 1. The normalized spacial score (nSPS) is 11.0. The topological polar surface area (TPSA) is 75.6 Å². The summed E-state index contributed by atoms with van der Waals surface area (Å²) in [4.78, 5) is 23.2. The number of methoxy groups -OCH3 is 1. The Balaban J connectivity index is 2.81. The number of nitrogens with one attached hydrogen (secondary N) is 1. The fourth-order valence-corrected chi connectivity index (χ4v) is 2.37. The van der Waals surface area contributed by atoms with Gasteiger partial charge in [0.15, 0.2) is 0 Å². The van der Waals surface area contributed by atoms with Crippen molar-refractivity contribution < 1.29 is 19.4 Å². The Morgan fingerprint density at radius 3 is 2.38 bits per heavy atom. The summed E-state index contributed by atoms with van der Waals surface area (Å²) in [7, 11) is 1.56. The van der Waals surface area contributed by atoms with Crippen LogP contribution in [0.25, 0.3) is 0 Å². The molecule has 1 aromatic carbocycles. The van der Waals surface area contributed by atoms with Crippen LogP contribution in [-0.2, 0) is 16.0 Å². The summed E-state index contributed by atoms with van der Waals surface area (Å²) in [5.74, 6) is -0.440. The molecule has 0 fully saturated rings. The van der Waals surface area contributed by atoms with E-state index in [1.807, 2.05) is 32.0 Å². The third-order valence-corrected chi connectivity index (χ3v) is 3.79. The highest BCUT2D eigenvalue weighted by molar-refractivity contribution is 5.81. The van der Waals surface area contributed by atoms with E-state index in [9.17, 15) is 9.59 Å². The Morgan fingerprint density at radius 1 is 1.24 bits per heavy atom. The number of carbonyl (C=O) groups is 2. The maximum absolute atomic E-state index is 12.2. The minimum atomic E-state index is -0.906. The van der Waals surface area contributed by atoms with Crippen LogP contribution < -0.4 is 10.1 Å². The molecule has 0 unspecified atom stereocenters. The van der Waals surface area contributed by atoms with E-state index in [1.165, 1.54) is 0 Å². The van der Waals surface area contributed by atoms with Gasteiger partial charge in [-0.15, -0.1) is 0 Å². The Kier molecular flexibility index (Phi) is 6.21. The first-order chi connectivity index (χ1) is 9.96. The summed E-state index contributed by atoms with van der Waals surface area (Å²) in [5.41, 5.74) is 0.0965. The lowest BCUT2D eigenvalue weighted by molar-refractivity contribution is -0.139. The molecule has 0 radical (unpaired) electrons. The quantitative estimate of drug-likeness (QED) is 0.771. The van der Waals surface area contributed by atoms with E-state index in [-0.39, 0.29) is 18.7 Å². The fourth-order valence-electron chi connectivity index (χ4n) is 2.37. The summed E-state index contributed by atoms with van der Waals surface area (Å²) in [5, 5.41) is 11.9. The monoisotopic (exact) mass is 293 g/mol. The van der Waals surface area contributed by atoms with Crippen molar-refractivity contribution in [2.24, 2.45) is 0 Å². The molecule has 0 atom stereocenters. The molecule has 0 aliphatic carbocycles. The van der Waals surface area contributed by atoms with Gasteiger partial charge in [0.05, 0.1) is 20.0 Å². The zero-order valence-electron chi connectivity index (χ0n) is 12.8. The number of carboxylic acid groups (broad SMARTS) is 1. The van der Waals surface area contributed by atoms with Crippen molar-refractivity contribution in [1.82, 2.24) is 5.32 Å². The van der Waals surface area contributed by atoms with Crippen LogP contribution in [0, 0.1) is 0 Å². The van der Waals surface area contributed by atoms with E-state index in [4.69, 9.17) is 9.84 Å². The molecule has 116 valence electrons. The molecule has 0 saturated carbocycles. The van der Waals surface area contributed by atoms with Crippen LogP contribution in [0.5, 0.6) is 5.75 Å². The Labute approximate surface area is 125 Å². The van der Waals surface area contributed by atoms with E-state index in [1.54, 1.807) is 13.2 Å². The van der Waals surface area contributed by atoms with Gasteiger partial charge in [0.1, 0.15) is 5.75 Å². The maximum Gasteiger partial charge on any atom is 0.305 e. The number of hydrogen-bond donors (Lipinski definition) is 2. The number of amides is 1. The highest BCUT2D eigenvalue weighted by Gasteiger charge is 2.31. The van der Waals surface area contributed by atoms with Crippen molar-refractivity contribution in [2.75, 3.05) is 7.11 Å². The molecule has 0 aliphatic heterocycles. The van der Waals surface area contributed by atoms with Crippen LogP contribution in [0.3, 0.4) is 0 Å². The highest BCUT2D eigenvalue weighted by atomic mass is 16.5. The molecule has 21 heavy (non-hydrogen) atoms. The molecule has 0 heterocycles. The summed E-state index contributed by atoms with van der Waals surface area (Å²) < 4.78 is 5.22. The smallest absolute Gasteiger partial charge is 0.305 e.